The minimum Gasteiger partial charge on any atom is -0.462 e. The van der Waals surface area contributed by atoms with Crippen molar-refractivity contribution in [1.29, 1.82) is 0 Å². The molecule has 0 radical (unpaired) electrons. The van der Waals surface area contributed by atoms with Gasteiger partial charge in [0.05, 0.1) is 26.4 Å². The Bertz CT molecular complexity index is 1820. The number of phosphoric ester groups is 2. The van der Waals surface area contributed by atoms with Gasteiger partial charge in [-0.3, -0.25) is 37.3 Å². The average Bonchev–Trinajstić information content (AvgIpc) is 1.85. The van der Waals surface area contributed by atoms with Crippen molar-refractivity contribution in [3.63, 3.8) is 0 Å². The first-order valence-electron chi connectivity index (χ1n) is 37.7. The molecule has 0 saturated heterocycles. The fourth-order valence-corrected chi connectivity index (χ4v) is 12.6. The van der Waals surface area contributed by atoms with Gasteiger partial charge in [0.15, 0.2) is 12.2 Å². The molecular formula is C73H142O17P2. The highest BCUT2D eigenvalue weighted by atomic mass is 31.2. The zero-order chi connectivity index (χ0) is 68.2. The van der Waals surface area contributed by atoms with Crippen molar-refractivity contribution in [3.05, 3.63) is 0 Å². The van der Waals surface area contributed by atoms with E-state index in [9.17, 15) is 43.2 Å². The lowest BCUT2D eigenvalue weighted by Gasteiger charge is -2.21. The van der Waals surface area contributed by atoms with Crippen LogP contribution < -0.4 is 0 Å². The predicted octanol–water partition coefficient (Wildman–Crippen LogP) is 20.9. The summed E-state index contributed by atoms with van der Waals surface area (Å²) < 4.78 is 68.3. The number of aliphatic hydroxyl groups excluding tert-OH is 1. The first-order valence-corrected chi connectivity index (χ1v) is 40.7. The Hall–Kier alpha value is -1.94. The lowest BCUT2D eigenvalue weighted by atomic mass is 10.0. The molecule has 546 valence electrons. The van der Waals surface area contributed by atoms with Crippen LogP contribution in [0.25, 0.3) is 0 Å². The lowest BCUT2D eigenvalue weighted by Crippen LogP contribution is -2.30. The topological polar surface area (TPSA) is 237 Å². The molecule has 0 aromatic carbocycles. The maximum atomic E-state index is 13.0. The minimum absolute atomic E-state index is 0.104. The Morgan fingerprint density at radius 2 is 0.457 bits per heavy atom. The summed E-state index contributed by atoms with van der Waals surface area (Å²) in [5.41, 5.74) is 0. The highest BCUT2D eigenvalue weighted by Crippen LogP contribution is 2.45. The molecule has 3 unspecified atom stereocenters. The average molecular weight is 1350 g/mol. The van der Waals surface area contributed by atoms with Crippen molar-refractivity contribution < 1.29 is 80.2 Å². The number of aliphatic hydroxyl groups is 1. The maximum Gasteiger partial charge on any atom is 0.472 e. The molecule has 3 N–H and O–H groups in total. The number of unbranched alkanes of at least 4 members (excludes halogenated alkanes) is 36. The van der Waals surface area contributed by atoms with Crippen LogP contribution in [0.5, 0.6) is 0 Å². The first-order chi connectivity index (χ1) is 44.1. The number of ether oxygens (including phenoxy) is 4. The second kappa shape index (κ2) is 62.6. The molecule has 0 heterocycles. The number of hydrogen-bond donors (Lipinski definition) is 3. The van der Waals surface area contributed by atoms with Crippen molar-refractivity contribution in [3.8, 4) is 0 Å². The van der Waals surface area contributed by atoms with E-state index in [4.69, 9.17) is 37.0 Å². The molecule has 5 atom stereocenters. The van der Waals surface area contributed by atoms with Crippen LogP contribution in [0.3, 0.4) is 0 Å². The molecule has 0 aromatic rings. The molecule has 0 aliphatic rings. The molecule has 0 fully saturated rings. The highest BCUT2D eigenvalue weighted by Gasteiger charge is 2.30. The Morgan fingerprint density at radius 1 is 0.272 bits per heavy atom. The zero-order valence-corrected chi connectivity index (χ0v) is 62.0. The van der Waals surface area contributed by atoms with E-state index in [2.05, 4.69) is 55.4 Å². The fraction of sp³-hybridized carbons (Fsp3) is 0.945. The van der Waals surface area contributed by atoms with Crippen molar-refractivity contribution in [2.24, 2.45) is 23.7 Å². The SMILES string of the molecule is CC(C)CCCCCCCCCCCCCCCCCCC(=O)O[C@H](COC(=O)CCCCCCCCC(C)C)COP(=O)(O)OCC(O)COP(=O)(O)OC[C@@H](COC(=O)CCCCCCCCCCCCC(C)C)OC(=O)CCCCCCCCCCC(C)C. The quantitative estimate of drug-likeness (QED) is 0.0222. The Kier molecular flexibility index (Phi) is 61.3. The first kappa shape index (κ1) is 90.1. The van der Waals surface area contributed by atoms with Crippen molar-refractivity contribution in [1.82, 2.24) is 0 Å². The summed E-state index contributed by atoms with van der Waals surface area (Å²) in [7, 11) is -9.91. The summed E-state index contributed by atoms with van der Waals surface area (Å²) in [6.45, 7) is 14.1. The molecule has 92 heavy (non-hydrogen) atoms. The molecule has 0 aromatic heterocycles. The summed E-state index contributed by atoms with van der Waals surface area (Å²) >= 11 is 0. The number of carbonyl (C=O) groups is 4. The van der Waals surface area contributed by atoms with Crippen LogP contribution in [0, 0.1) is 23.7 Å². The van der Waals surface area contributed by atoms with Gasteiger partial charge in [-0.25, -0.2) is 9.13 Å². The smallest absolute Gasteiger partial charge is 0.462 e. The van der Waals surface area contributed by atoms with E-state index >= 15 is 0 Å². The van der Waals surface area contributed by atoms with E-state index in [0.717, 1.165) is 114 Å². The maximum absolute atomic E-state index is 13.0. The van der Waals surface area contributed by atoms with Crippen molar-refractivity contribution >= 4 is 39.5 Å². The van der Waals surface area contributed by atoms with Gasteiger partial charge in [-0.1, -0.05) is 312 Å². The van der Waals surface area contributed by atoms with E-state index in [1.807, 2.05) is 0 Å². The summed E-state index contributed by atoms with van der Waals surface area (Å²) in [4.78, 5) is 72.6. The molecule has 17 nitrogen and oxygen atoms in total. The molecule has 0 spiro atoms. The number of rotatable bonds is 70. The van der Waals surface area contributed by atoms with Crippen LogP contribution in [0.4, 0.5) is 0 Å². The van der Waals surface area contributed by atoms with Gasteiger partial charge in [-0.05, 0) is 49.4 Å². The van der Waals surface area contributed by atoms with Crippen LogP contribution in [0.1, 0.15) is 364 Å². The van der Waals surface area contributed by atoms with Crippen LogP contribution in [0.15, 0.2) is 0 Å². The van der Waals surface area contributed by atoms with Crippen LogP contribution in [-0.4, -0.2) is 96.7 Å². The van der Waals surface area contributed by atoms with E-state index in [-0.39, 0.29) is 25.7 Å². The largest absolute Gasteiger partial charge is 0.472 e. The Balaban J connectivity index is 5.19. The molecular weight excluding hydrogens is 1210 g/mol. The van der Waals surface area contributed by atoms with Gasteiger partial charge >= 0.3 is 39.5 Å². The summed E-state index contributed by atoms with van der Waals surface area (Å²) in [6.07, 6.45) is 46.1. The molecule has 0 aliphatic heterocycles. The molecule has 0 saturated carbocycles. The van der Waals surface area contributed by atoms with Crippen molar-refractivity contribution in [2.75, 3.05) is 39.6 Å². The zero-order valence-electron chi connectivity index (χ0n) is 60.2. The molecule has 0 amide bonds. The summed E-state index contributed by atoms with van der Waals surface area (Å²) in [5.74, 6) is 0.837. The monoisotopic (exact) mass is 1350 g/mol. The highest BCUT2D eigenvalue weighted by molar-refractivity contribution is 7.47. The number of esters is 4. The summed E-state index contributed by atoms with van der Waals surface area (Å²) in [5, 5.41) is 10.6. The standard InChI is InChI=1S/C73H142O17P2/c1-63(2)49-41-33-25-19-15-13-11-9-10-12-14-16-22-29-39-47-55-72(77)89-69(60-84-71(76)54-46-38-32-31-36-44-52-66(7)8)62-88-92(81,82)86-58-67(74)57-85-91(79,80)87-61-68(90-73(78)56-48-40-30-24-23-27-35-43-51-65(5)6)59-83-70(75)53-45-37-28-21-18-17-20-26-34-42-50-64(3)4/h63-69,74H,9-62H2,1-8H3,(H,79,80)(H,81,82)/t67?,68-,69-/m1/s1. The van der Waals surface area contributed by atoms with Crippen molar-refractivity contribution in [2.45, 2.75) is 382 Å². The Morgan fingerprint density at radius 3 is 0.674 bits per heavy atom. The van der Waals surface area contributed by atoms with Gasteiger partial charge in [0, 0.05) is 25.7 Å². The van der Waals surface area contributed by atoms with Gasteiger partial charge in [0.2, 0.25) is 0 Å². The normalized spacial score (nSPS) is 14.2. The second-order valence-corrected chi connectivity index (χ2v) is 31.1. The van der Waals surface area contributed by atoms with E-state index in [1.54, 1.807) is 0 Å². The third kappa shape index (κ3) is 66.7. The molecule has 0 rings (SSSR count). The van der Waals surface area contributed by atoms with E-state index in [0.29, 0.717) is 31.6 Å². The van der Waals surface area contributed by atoms with Crippen LogP contribution in [-0.2, 0) is 65.4 Å². The van der Waals surface area contributed by atoms with Gasteiger partial charge in [-0.2, -0.15) is 0 Å². The predicted molar refractivity (Wildman–Crippen MR) is 372 cm³/mol. The molecule has 0 aliphatic carbocycles. The van der Waals surface area contributed by atoms with E-state index < -0.39 is 97.5 Å². The lowest BCUT2D eigenvalue weighted by molar-refractivity contribution is -0.161. The second-order valence-electron chi connectivity index (χ2n) is 28.2. The van der Waals surface area contributed by atoms with Gasteiger partial charge < -0.3 is 33.8 Å². The van der Waals surface area contributed by atoms with Gasteiger partial charge in [0.25, 0.3) is 0 Å². The number of carbonyl (C=O) groups excluding carboxylic acids is 4. The molecule has 19 heteroatoms. The van der Waals surface area contributed by atoms with Gasteiger partial charge in [0.1, 0.15) is 19.3 Å². The minimum atomic E-state index is -4.95. The van der Waals surface area contributed by atoms with Crippen LogP contribution >= 0.6 is 15.6 Å². The van der Waals surface area contributed by atoms with Gasteiger partial charge in [-0.15, -0.1) is 0 Å². The molecule has 0 bridgehead atoms. The van der Waals surface area contributed by atoms with Crippen LogP contribution in [0.2, 0.25) is 0 Å². The number of hydrogen-bond acceptors (Lipinski definition) is 15. The van der Waals surface area contributed by atoms with E-state index in [1.165, 1.54) is 161 Å². The summed E-state index contributed by atoms with van der Waals surface area (Å²) in [6, 6.07) is 0. The fourth-order valence-electron chi connectivity index (χ4n) is 11.0. The third-order valence-electron chi connectivity index (χ3n) is 16.8. The number of phosphoric acid groups is 2. The third-order valence-corrected chi connectivity index (χ3v) is 18.7. The Labute approximate surface area is 562 Å².